The number of hydrogen-bond acceptors (Lipinski definition) is 5. The molecule has 1 fully saturated rings. The fourth-order valence-electron chi connectivity index (χ4n) is 5.75. The molecular formula is C26H26F2N4OS. The fraction of sp³-hybridized carbons (Fsp3) is 0.385. The molecule has 5 nitrogen and oxygen atoms in total. The number of anilines is 2. The second kappa shape index (κ2) is 8.50. The van der Waals surface area contributed by atoms with Gasteiger partial charge >= 0.3 is 0 Å². The number of benzene rings is 2. The van der Waals surface area contributed by atoms with Gasteiger partial charge in [-0.1, -0.05) is 11.8 Å². The molecule has 0 spiro atoms. The van der Waals surface area contributed by atoms with E-state index in [-0.39, 0.29) is 29.2 Å². The lowest BCUT2D eigenvalue weighted by atomic mass is 9.88. The summed E-state index contributed by atoms with van der Waals surface area (Å²) in [6, 6.07) is 11.7. The molecule has 34 heavy (non-hydrogen) atoms. The Morgan fingerprint density at radius 3 is 2.71 bits per heavy atom. The third kappa shape index (κ3) is 3.64. The molecule has 176 valence electrons. The smallest absolute Gasteiger partial charge is 0.257 e. The van der Waals surface area contributed by atoms with Crippen molar-refractivity contribution in [3.8, 4) is 0 Å². The topological polar surface area (TPSA) is 41.4 Å². The molecule has 2 atom stereocenters. The van der Waals surface area contributed by atoms with Gasteiger partial charge in [0.2, 0.25) is 0 Å². The van der Waals surface area contributed by atoms with Crippen molar-refractivity contribution in [2.24, 2.45) is 0 Å². The average molecular weight is 481 g/mol. The normalized spacial score (nSPS) is 21.4. The Morgan fingerprint density at radius 1 is 1.09 bits per heavy atom. The number of likely N-dealkylation sites (tertiary alicyclic amines) is 1. The van der Waals surface area contributed by atoms with Crippen molar-refractivity contribution in [1.29, 1.82) is 0 Å². The zero-order valence-corrected chi connectivity index (χ0v) is 19.8. The second-order valence-electron chi connectivity index (χ2n) is 9.33. The van der Waals surface area contributed by atoms with Crippen LogP contribution in [0.2, 0.25) is 0 Å². The molecule has 0 aliphatic carbocycles. The van der Waals surface area contributed by atoms with Crippen LogP contribution in [-0.2, 0) is 13.0 Å². The number of nitrogens with zero attached hydrogens (tertiary/aromatic N) is 4. The van der Waals surface area contributed by atoms with E-state index >= 15 is 0 Å². The molecule has 0 radical (unpaired) electrons. The van der Waals surface area contributed by atoms with E-state index in [0.717, 1.165) is 71.7 Å². The van der Waals surface area contributed by atoms with Crippen LogP contribution in [0.3, 0.4) is 0 Å². The van der Waals surface area contributed by atoms with Crippen molar-refractivity contribution in [1.82, 2.24) is 14.5 Å². The summed E-state index contributed by atoms with van der Waals surface area (Å²) in [6.45, 7) is 5.12. The Morgan fingerprint density at radius 2 is 1.88 bits per heavy atom. The molecule has 4 heterocycles. The maximum absolute atomic E-state index is 14.2. The fourth-order valence-corrected chi connectivity index (χ4v) is 6.73. The third-order valence-electron chi connectivity index (χ3n) is 7.40. The van der Waals surface area contributed by atoms with Gasteiger partial charge in [0.25, 0.3) is 5.56 Å². The van der Waals surface area contributed by atoms with E-state index < -0.39 is 0 Å². The van der Waals surface area contributed by atoms with Crippen LogP contribution in [0.5, 0.6) is 0 Å². The van der Waals surface area contributed by atoms with E-state index in [1.54, 1.807) is 34.5 Å². The summed E-state index contributed by atoms with van der Waals surface area (Å²) in [6.07, 6.45) is 1.58. The highest BCUT2D eigenvalue weighted by Crippen LogP contribution is 2.48. The summed E-state index contributed by atoms with van der Waals surface area (Å²) in [5.74, 6) is 0.558. The molecule has 0 amide bonds. The van der Waals surface area contributed by atoms with Crippen LogP contribution in [0.25, 0.3) is 0 Å². The van der Waals surface area contributed by atoms with Crippen molar-refractivity contribution in [3.63, 3.8) is 0 Å². The molecule has 2 unspecified atom stereocenters. The molecule has 2 aromatic carbocycles. The molecule has 0 N–H and O–H groups in total. The van der Waals surface area contributed by atoms with Crippen LogP contribution >= 0.6 is 11.8 Å². The van der Waals surface area contributed by atoms with E-state index in [2.05, 4.69) is 14.8 Å². The summed E-state index contributed by atoms with van der Waals surface area (Å²) in [5.41, 5.74) is 4.67. The zero-order valence-electron chi connectivity index (χ0n) is 19.0. The van der Waals surface area contributed by atoms with Crippen LogP contribution in [0, 0.1) is 18.6 Å². The number of aryl methyl sites for hydroxylation is 1. The molecule has 3 aliphatic rings. The van der Waals surface area contributed by atoms with Gasteiger partial charge in [-0.25, -0.2) is 13.8 Å². The molecule has 3 aromatic rings. The highest BCUT2D eigenvalue weighted by molar-refractivity contribution is 7.99. The summed E-state index contributed by atoms with van der Waals surface area (Å²) >= 11 is 1.64. The standard InChI is InChI=1S/C26H26F2N4OS/c1-16-20(25(33)31-12-13-34-26(31)29-16)8-10-30-11-9-24-22(15-30)21-14-18(28)4-7-23(21)32(24)19-5-2-17(27)3-6-19/h2-7,14,22,24H,8-13,15H2,1H3. The first kappa shape index (κ1) is 21.8. The van der Waals surface area contributed by atoms with Gasteiger partial charge in [0.05, 0.1) is 0 Å². The Bertz CT molecular complexity index is 1310. The minimum absolute atomic E-state index is 0.0955. The first-order chi connectivity index (χ1) is 16.5. The van der Waals surface area contributed by atoms with E-state index in [4.69, 9.17) is 0 Å². The van der Waals surface area contributed by atoms with Crippen molar-refractivity contribution < 1.29 is 8.78 Å². The minimum atomic E-state index is -0.264. The number of rotatable bonds is 4. The molecule has 8 heteroatoms. The van der Waals surface area contributed by atoms with Gasteiger partial charge < -0.3 is 9.80 Å². The lowest BCUT2D eigenvalue weighted by Crippen LogP contribution is -2.45. The summed E-state index contributed by atoms with van der Waals surface area (Å²) in [7, 11) is 0. The Kier molecular flexibility index (Phi) is 5.45. The number of fused-ring (bicyclic) bond motifs is 4. The van der Waals surface area contributed by atoms with Gasteiger partial charge in [-0.2, -0.15) is 0 Å². The number of aromatic nitrogens is 2. The van der Waals surface area contributed by atoms with Crippen molar-refractivity contribution >= 4 is 23.1 Å². The number of halogens is 2. The van der Waals surface area contributed by atoms with Gasteiger partial charge in [0.15, 0.2) is 5.16 Å². The maximum atomic E-state index is 14.2. The Labute approximate surface area is 201 Å². The molecule has 0 bridgehead atoms. The van der Waals surface area contributed by atoms with E-state index in [1.807, 2.05) is 13.0 Å². The summed E-state index contributed by atoms with van der Waals surface area (Å²) in [5, 5.41) is 0.831. The van der Waals surface area contributed by atoms with Crippen LogP contribution < -0.4 is 10.5 Å². The lowest BCUT2D eigenvalue weighted by molar-refractivity contribution is 0.198. The first-order valence-electron chi connectivity index (χ1n) is 11.8. The average Bonchev–Trinajstić information content (AvgIpc) is 3.42. The van der Waals surface area contributed by atoms with Gasteiger partial charge in [-0.3, -0.25) is 9.36 Å². The van der Waals surface area contributed by atoms with Crippen molar-refractivity contribution in [2.45, 2.75) is 43.4 Å². The van der Waals surface area contributed by atoms with Gasteiger partial charge in [-0.15, -0.1) is 0 Å². The van der Waals surface area contributed by atoms with Crippen molar-refractivity contribution in [2.75, 3.05) is 30.3 Å². The van der Waals surface area contributed by atoms with E-state index in [9.17, 15) is 13.6 Å². The molecule has 0 saturated carbocycles. The maximum Gasteiger partial charge on any atom is 0.257 e. The number of piperidine rings is 1. The lowest BCUT2D eigenvalue weighted by Gasteiger charge is -2.39. The first-order valence-corrected chi connectivity index (χ1v) is 12.8. The van der Waals surface area contributed by atoms with Gasteiger partial charge in [0, 0.05) is 66.5 Å². The zero-order chi connectivity index (χ0) is 23.4. The number of hydrogen-bond donors (Lipinski definition) is 0. The summed E-state index contributed by atoms with van der Waals surface area (Å²) < 4.78 is 29.6. The highest BCUT2D eigenvalue weighted by atomic mass is 32.2. The van der Waals surface area contributed by atoms with Crippen LogP contribution in [0.1, 0.15) is 29.2 Å². The monoisotopic (exact) mass is 480 g/mol. The molecule has 1 saturated heterocycles. The predicted molar refractivity (Wildman–Crippen MR) is 130 cm³/mol. The van der Waals surface area contributed by atoms with Crippen LogP contribution in [0.4, 0.5) is 20.2 Å². The van der Waals surface area contributed by atoms with Gasteiger partial charge in [-0.05, 0) is 67.8 Å². The molecule has 3 aliphatic heterocycles. The molecule has 6 rings (SSSR count). The van der Waals surface area contributed by atoms with E-state index in [0.29, 0.717) is 6.42 Å². The largest absolute Gasteiger partial charge is 0.337 e. The second-order valence-corrected chi connectivity index (χ2v) is 10.4. The van der Waals surface area contributed by atoms with Gasteiger partial charge in [0.1, 0.15) is 11.6 Å². The predicted octanol–water partition coefficient (Wildman–Crippen LogP) is 4.49. The number of thioether (sulfide) groups is 1. The van der Waals surface area contributed by atoms with Crippen LogP contribution in [-0.4, -0.2) is 45.9 Å². The Hall–Kier alpha value is -2.71. The third-order valence-corrected chi connectivity index (χ3v) is 8.36. The molecule has 1 aromatic heterocycles. The quantitative estimate of drug-likeness (QED) is 0.515. The molecular weight excluding hydrogens is 454 g/mol. The van der Waals surface area contributed by atoms with E-state index in [1.165, 1.54) is 18.2 Å². The summed E-state index contributed by atoms with van der Waals surface area (Å²) in [4.78, 5) is 22.3. The minimum Gasteiger partial charge on any atom is -0.337 e. The SMILES string of the molecule is Cc1nc2n(c(=O)c1CCN1CCC3C(C1)c1cc(F)ccc1N3c1ccc(F)cc1)CCS2. The highest BCUT2D eigenvalue weighted by Gasteiger charge is 2.42. The van der Waals surface area contributed by atoms with Crippen LogP contribution in [0.15, 0.2) is 52.4 Å². The van der Waals surface area contributed by atoms with Crippen molar-refractivity contribution in [3.05, 3.63) is 81.3 Å². The Balaban J connectivity index is 1.24.